The van der Waals surface area contributed by atoms with Crippen LogP contribution in [0.25, 0.3) is 0 Å². The summed E-state index contributed by atoms with van der Waals surface area (Å²) < 4.78 is 11.3. The van der Waals surface area contributed by atoms with Crippen molar-refractivity contribution in [3.63, 3.8) is 0 Å². The fourth-order valence-corrected chi connectivity index (χ4v) is 1.63. The van der Waals surface area contributed by atoms with Crippen LogP contribution >= 0.6 is 15.9 Å². The number of benzene rings is 1. The second-order valence-electron chi connectivity index (χ2n) is 2.77. The molecule has 0 fully saturated rings. The molecule has 0 aromatic heterocycles. The normalized spacial score (nSPS) is 12.6. The van der Waals surface area contributed by atoms with Crippen molar-refractivity contribution in [2.45, 2.75) is 13.0 Å². The highest BCUT2D eigenvalue weighted by Crippen LogP contribution is 2.28. The van der Waals surface area contributed by atoms with E-state index in [-0.39, 0.29) is 6.10 Å². The Hall–Kier alpha value is -0.540. The summed E-state index contributed by atoms with van der Waals surface area (Å²) in [6, 6.07) is 5.93. The van der Waals surface area contributed by atoms with E-state index >= 15 is 0 Å². The molecule has 72 valence electrons. The van der Waals surface area contributed by atoms with Gasteiger partial charge in [0, 0.05) is 7.11 Å². The van der Waals surface area contributed by atoms with Gasteiger partial charge in [0.15, 0.2) is 0 Å². The van der Waals surface area contributed by atoms with Gasteiger partial charge in [0.1, 0.15) is 5.75 Å². The smallest absolute Gasteiger partial charge is 0.133 e. The summed E-state index contributed by atoms with van der Waals surface area (Å²) in [5.41, 5.74) is 1.13. The van der Waals surface area contributed by atoms with Gasteiger partial charge in [-0.05, 0) is 40.5 Å². The third-order valence-corrected chi connectivity index (χ3v) is 2.62. The Morgan fingerprint density at radius 2 is 2.00 bits per heavy atom. The summed E-state index contributed by atoms with van der Waals surface area (Å²) >= 11 is 3.42. The Balaban J connectivity index is 2.95. The predicted octanol–water partition coefficient (Wildman–Crippen LogP) is 3.17. The lowest BCUT2D eigenvalue weighted by Gasteiger charge is -2.11. The molecule has 3 heteroatoms. The van der Waals surface area contributed by atoms with Gasteiger partial charge in [0.2, 0.25) is 0 Å². The van der Waals surface area contributed by atoms with Crippen molar-refractivity contribution in [2.75, 3.05) is 14.2 Å². The zero-order chi connectivity index (χ0) is 9.84. The van der Waals surface area contributed by atoms with Crippen molar-refractivity contribution in [1.29, 1.82) is 0 Å². The quantitative estimate of drug-likeness (QED) is 0.814. The van der Waals surface area contributed by atoms with Crippen LogP contribution in [0.2, 0.25) is 0 Å². The Labute approximate surface area is 87.0 Å². The standard InChI is InChI=1S/C10H13BrO2/c1-7(12-2)8-4-5-10(13-3)9(11)6-8/h4-7H,1-3H3. The van der Waals surface area contributed by atoms with Crippen LogP contribution < -0.4 is 4.74 Å². The Kier molecular flexibility index (Phi) is 3.75. The van der Waals surface area contributed by atoms with Crippen LogP contribution in [0, 0.1) is 0 Å². The molecule has 0 aliphatic carbocycles. The molecule has 1 rings (SSSR count). The molecule has 1 unspecified atom stereocenters. The fourth-order valence-electron chi connectivity index (χ4n) is 1.07. The largest absolute Gasteiger partial charge is 0.496 e. The van der Waals surface area contributed by atoms with Crippen molar-refractivity contribution < 1.29 is 9.47 Å². The third-order valence-electron chi connectivity index (χ3n) is 2.00. The number of ether oxygens (including phenoxy) is 2. The lowest BCUT2D eigenvalue weighted by Crippen LogP contribution is -1.96. The van der Waals surface area contributed by atoms with Gasteiger partial charge < -0.3 is 9.47 Å². The molecule has 0 saturated carbocycles. The maximum Gasteiger partial charge on any atom is 0.133 e. The minimum absolute atomic E-state index is 0.113. The zero-order valence-corrected chi connectivity index (χ0v) is 9.59. The molecule has 0 radical (unpaired) electrons. The van der Waals surface area contributed by atoms with E-state index in [0.717, 1.165) is 15.8 Å². The monoisotopic (exact) mass is 244 g/mol. The first-order valence-electron chi connectivity index (χ1n) is 4.05. The summed E-state index contributed by atoms with van der Waals surface area (Å²) in [5.74, 6) is 0.840. The highest BCUT2D eigenvalue weighted by molar-refractivity contribution is 9.10. The van der Waals surface area contributed by atoms with Crippen molar-refractivity contribution in [2.24, 2.45) is 0 Å². The molecule has 0 saturated heterocycles. The third kappa shape index (κ3) is 2.45. The molecular weight excluding hydrogens is 232 g/mol. The van der Waals surface area contributed by atoms with Crippen molar-refractivity contribution in [3.8, 4) is 5.75 Å². The van der Waals surface area contributed by atoms with Gasteiger partial charge in [0.25, 0.3) is 0 Å². The van der Waals surface area contributed by atoms with Crippen LogP contribution in [0.5, 0.6) is 5.75 Å². The number of hydrogen-bond donors (Lipinski definition) is 0. The van der Waals surface area contributed by atoms with E-state index in [1.807, 2.05) is 25.1 Å². The van der Waals surface area contributed by atoms with Crippen LogP contribution in [0.15, 0.2) is 22.7 Å². The topological polar surface area (TPSA) is 18.5 Å². The molecule has 1 aromatic rings. The average Bonchev–Trinajstić information content (AvgIpc) is 2.16. The van der Waals surface area contributed by atoms with Crippen LogP contribution in [0.3, 0.4) is 0 Å². The van der Waals surface area contributed by atoms with Crippen molar-refractivity contribution in [3.05, 3.63) is 28.2 Å². The lowest BCUT2D eigenvalue weighted by atomic mass is 10.1. The summed E-state index contributed by atoms with van der Waals surface area (Å²) in [6.07, 6.45) is 0.113. The maximum absolute atomic E-state index is 5.20. The maximum atomic E-state index is 5.20. The van der Waals surface area contributed by atoms with Gasteiger partial charge in [-0.1, -0.05) is 6.07 Å². The minimum Gasteiger partial charge on any atom is -0.496 e. The summed E-state index contributed by atoms with van der Waals surface area (Å²) in [6.45, 7) is 2.01. The number of hydrogen-bond acceptors (Lipinski definition) is 2. The molecule has 0 N–H and O–H groups in total. The van der Waals surface area contributed by atoms with E-state index in [9.17, 15) is 0 Å². The molecule has 2 nitrogen and oxygen atoms in total. The predicted molar refractivity (Wildman–Crippen MR) is 56.1 cm³/mol. The summed E-state index contributed by atoms with van der Waals surface area (Å²) in [5, 5.41) is 0. The molecule has 0 heterocycles. The van der Waals surface area contributed by atoms with Gasteiger partial charge >= 0.3 is 0 Å². The van der Waals surface area contributed by atoms with Crippen LogP contribution in [-0.4, -0.2) is 14.2 Å². The van der Waals surface area contributed by atoms with Crippen molar-refractivity contribution in [1.82, 2.24) is 0 Å². The first-order valence-corrected chi connectivity index (χ1v) is 4.84. The van der Waals surface area contributed by atoms with E-state index in [0.29, 0.717) is 0 Å². The molecule has 0 aliphatic rings. The molecule has 1 atom stereocenters. The number of halogens is 1. The highest BCUT2D eigenvalue weighted by Gasteiger charge is 2.06. The van der Waals surface area contributed by atoms with Crippen LogP contribution in [0.4, 0.5) is 0 Å². The van der Waals surface area contributed by atoms with Crippen LogP contribution in [0.1, 0.15) is 18.6 Å². The molecule has 13 heavy (non-hydrogen) atoms. The van der Waals surface area contributed by atoms with Gasteiger partial charge in [-0.15, -0.1) is 0 Å². The summed E-state index contributed by atoms with van der Waals surface area (Å²) in [4.78, 5) is 0. The number of rotatable bonds is 3. The minimum atomic E-state index is 0.113. The lowest BCUT2D eigenvalue weighted by molar-refractivity contribution is 0.119. The van der Waals surface area contributed by atoms with Gasteiger partial charge in [-0.3, -0.25) is 0 Å². The zero-order valence-electron chi connectivity index (χ0n) is 8.00. The first-order chi connectivity index (χ1) is 6.19. The van der Waals surface area contributed by atoms with Gasteiger partial charge in [-0.2, -0.15) is 0 Å². The molecule has 1 aromatic carbocycles. The number of methoxy groups -OCH3 is 2. The van der Waals surface area contributed by atoms with E-state index in [1.54, 1.807) is 14.2 Å². The Morgan fingerprint density at radius 1 is 1.31 bits per heavy atom. The van der Waals surface area contributed by atoms with Crippen molar-refractivity contribution >= 4 is 15.9 Å². The molecule has 0 amide bonds. The highest BCUT2D eigenvalue weighted by atomic mass is 79.9. The second-order valence-corrected chi connectivity index (χ2v) is 3.63. The van der Waals surface area contributed by atoms with Crippen LogP contribution in [-0.2, 0) is 4.74 Å². The Morgan fingerprint density at radius 3 is 2.46 bits per heavy atom. The Bertz CT molecular complexity index is 286. The first kappa shape index (κ1) is 10.5. The molecule has 0 bridgehead atoms. The molecule has 0 aliphatic heterocycles. The molecular formula is C10H13BrO2. The van der Waals surface area contributed by atoms with E-state index in [1.165, 1.54) is 0 Å². The van der Waals surface area contributed by atoms with E-state index < -0.39 is 0 Å². The SMILES string of the molecule is COc1ccc(C(C)OC)cc1Br. The second kappa shape index (κ2) is 4.63. The van der Waals surface area contributed by atoms with Gasteiger partial charge in [0.05, 0.1) is 17.7 Å². The summed E-state index contributed by atoms with van der Waals surface area (Å²) in [7, 11) is 3.35. The van der Waals surface area contributed by atoms with E-state index in [4.69, 9.17) is 9.47 Å². The fraction of sp³-hybridized carbons (Fsp3) is 0.400. The molecule has 0 spiro atoms. The average molecular weight is 245 g/mol. The van der Waals surface area contributed by atoms with E-state index in [2.05, 4.69) is 15.9 Å². The van der Waals surface area contributed by atoms with Gasteiger partial charge in [-0.25, -0.2) is 0 Å².